The van der Waals surface area contributed by atoms with Gasteiger partial charge in [-0.2, -0.15) is 0 Å². The summed E-state index contributed by atoms with van der Waals surface area (Å²) >= 11 is 5.54. The van der Waals surface area contributed by atoms with E-state index in [4.69, 9.17) is 11.2 Å². The van der Waals surface area contributed by atoms with Crippen LogP contribution in [-0.4, -0.2) is 6.16 Å². The van der Waals surface area contributed by atoms with E-state index in [2.05, 4.69) is 6.92 Å². The molecule has 0 aromatic rings. The third kappa shape index (κ3) is 8.72. The van der Waals surface area contributed by atoms with Crippen LogP contribution >= 0.6 is 19.2 Å². The van der Waals surface area contributed by atoms with Crippen LogP contribution in [0.5, 0.6) is 0 Å². The van der Waals surface area contributed by atoms with Crippen LogP contribution in [0.1, 0.15) is 39.0 Å². The van der Waals surface area contributed by atoms with Crippen LogP contribution in [0.2, 0.25) is 0 Å². The first kappa shape index (κ1) is 9.72. The van der Waals surface area contributed by atoms with Crippen LogP contribution in [0.4, 0.5) is 0 Å². The fourth-order valence-corrected chi connectivity index (χ4v) is 1.58. The fourth-order valence-electron chi connectivity index (χ4n) is 0.795. The van der Waals surface area contributed by atoms with E-state index in [1.165, 1.54) is 38.3 Å². The lowest BCUT2D eigenvalue weighted by Crippen LogP contribution is -1.77. The number of unbranched alkanes of at least 4 members (excludes halogenated alkanes) is 4. The number of hydrogen-bond donors (Lipinski definition) is 0. The van der Waals surface area contributed by atoms with E-state index in [9.17, 15) is 0 Å². The molecule has 0 amide bonds. The van der Waals surface area contributed by atoms with Crippen LogP contribution in [0.25, 0.3) is 0 Å². The molecule has 0 nitrogen and oxygen atoms in total. The Labute approximate surface area is 64.9 Å². The minimum Gasteiger partial charge on any atom is -0.100 e. The molecule has 56 valence electrons. The normalized spacial score (nSPS) is 11.3. The molecule has 1 unspecified atom stereocenters. The van der Waals surface area contributed by atoms with Gasteiger partial charge in [0.15, 0.2) is 0 Å². The molecule has 0 rings (SSSR count). The smallest absolute Gasteiger partial charge is 0.0214 e. The molecule has 9 heavy (non-hydrogen) atoms. The van der Waals surface area contributed by atoms with Gasteiger partial charge in [-0.15, -0.1) is 11.2 Å². The second-order valence-electron chi connectivity index (χ2n) is 2.30. The van der Waals surface area contributed by atoms with Crippen molar-refractivity contribution in [2.24, 2.45) is 0 Å². The van der Waals surface area contributed by atoms with E-state index < -0.39 is 0 Å². The highest BCUT2D eigenvalue weighted by Gasteiger charge is 1.86. The molecule has 0 N–H and O–H groups in total. The van der Waals surface area contributed by atoms with Gasteiger partial charge in [0.25, 0.3) is 0 Å². The van der Waals surface area contributed by atoms with Crippen molar-refractivity contribution in [1.29, 1.82) is 0 Å². The molecule has 1 atom stereocenters. The summed E-state index contributed by atoms with van der Waals surface area (Å²) in [4.78, 5) is 0. The monoisotopic (exact) mass is 166 g/mol. The molecule has 0 heterocycles. The molecule has 2 heteroatoms. The Morgan fingerprint density at radius 2 is 1.78 bits per heavy atom. The van der Waals surface area contributed by atoms with Gasteiger partial charge in [-0.25, -0.2) is 0 Å². The molecule has 0 fully saturated rings. The zero-order valence-corrected chi connectivity index (χ0v) is 7.88. The summed E-state index contributed by atoms with van der Waals surface area (Å²) in [5.41, 5.74) is 0. The van der Waals surface area contributed by atoms with Gasteiger partial charge in [-0.3, -0.25) is 0 Å². The van der Waals surface area contributed by atoms with Crippen molar-refractivity contribution >= 4 is 19.2 Å². The Morgan fingerprint density at radius 1 is 1.11 bits per heavy atom. The molecule has 0 aliphatic carbocycles. The SMILES string of the molecule is CCCCCCCPCl. The molecule has 0 spiro atoms. The second kappa shape index (κ2) is 8.72. The minimum absolute atomic E-state index is 0.642. The number of rotatable bonds is 6. The number of halogens is 1. The van der Waals surface area contributed by atoms with E-state index in [1.54, 1.807) is 0 Å². The van der Waals surface area contributed by atoms with Gasteiger partial charge in [-0.1, -0.05) is 32.6 Å². The summed E-state index contributed by atoms with van der Waals surface area (Å²) in [5, 5.41) is 0. The van der Waals surface area contributed by atoms with E-state index in [-0.39, 0.29) is 0 Å². The van der Waals surface area contributed by atoms with Crippen molar-refractivity contribution in [3.8, 4) is 0 Å². The predicted octanol–water partition coefficient (Wildman–Crippen LogP) is 3.79. The first-order chi connectivity index (χ1) is 4.41. The van der Waals surface area contributed by atoms with Crippen molar-refractivity contribution in [3.63, 3.8) is 0 Å². The third-order valence-corrected chi connectivity index (χ3v) is 2.48. The second-order valence-corrected chi connectivity index (χ2v) is 3.87. The van der Waals surface area contributed by atoms with Crippen LogP contribution in [0, 0.1) is 0 Å². The van der Waals surface area contributed by atoms with Gasteiger partial charge in [0.05, 0.1) is 0 Å². The molecule has 0 aromatic heterocycles. The summed E-state index contributed by atoms with van der Waals surface area (Å²) in [6.07, 6.45) is 8.08. The maximum absolute atomic E-state index is 5.54. The minimum atomic E-state index is 0.642. The summed E-state index contributed by atoms with van der Waals surface area (Å²) in [6.45, 7) is 2.24. The lowest BCUT2D eigenvalue weighted by atomic mass is 10.2. The van der Waals surface area contributed by atoms with Crippen LogP contribution in [-0.2, 0) is 0 Å². The van der Waals surface area contributed by atoms with Gasteiger partial charge >= 0.3 is 0 Å². The largest absolute Gasteiger partial charge is 0.100 e. The summed E-state index contributed by atoms with van der Waals surface area (Å²) in [5.74, 6) is 0. The van der Waals surface area contributed by atoms with Crippen molar-refractivity contribution in [1.82, 2.24) is 0 Å². The van der Waals surface area contributed by atoms with Gasteiger partial charge in [0.1, 0.15) is 0 Å². The predicted molar refractivity (Wildman–Crippen MR) is 47.8 cm³/mol. The average molecular weight is 167 g/mol. The van der Waals surface area contributed by atoms with Gasteiger partial charge in [-0.05, 0) is 20.5 Å². The maximum Gasteiger partial charge on any atom is -0.0214 e. The van der Waals surface area contributed by atoms with Crippen molar-refractivity contribution in [3.05, 3.63) is 0 Å². The average Bonchev–Trinajstić information content (AvgIpc) is 1.89. The van der Waals surface area contributed by atoms with Gasteiger partial charge in [0.2, 0.25) is 0 Å². The Bertz CT molecular complexity index is 42.2. The van der Waals surface area contributed by atoms with Crippen LogP contribution in [0.3, 0.4) is 0 Å². The third-order valence-electron chi connectivity index (χ3n) is 1.37. The Hall–Kier alpha value is 0.720. The van der Waals surface area contributed by atoms with Gasteiger partial charge < -0.3 is 0 Å². The van der Waals surface area contributed by atoms with E-state index >= 15 is 0 Å². The molecular formula is C7H16ClP. The van der Waals surface area contributed by atoms with Crippen molar-refractivity contribution < 1.29 is 0 Å². The van der Waals surface area contributed by atoms with Crippen molar-refractivity contribution in [2.45, 2.75) is 39.0 Å². The molecule has 0 radical (unpaired) electrons. The van der Waals surface area contributed by atoms with E-state index in [1.807, 2.05) is 0 Å². The molecule has 0 aromatic carbocycles. The molecule has 0 aliphatic heterocycles. The summed E-state index contributed by atoms with van der Waals surface area (Å²) in [6, 6.07) is 0. The van der Waals surface area contributed by atoms with E-state index in [0.29, 0.717) is 7.93 Å². The van der Waals surface area contributed by atoms with Gasteiger partial charge in [0, 0.05) is 0 Å². The molecule has 0 aliphatic rings. The molecule has 0 bridgehead atoms. The Balaban J connectivity index is 2.60. The Kier molecular flexibility index (Phi) is 9.42. The first-order valence-corrected chi connectivity index (χ1v) is 5.97. The number of hydrogen-bond acceptors (Lipinski definition) is 0. The molecule has 0 saturated carbocycles. The molecular weight excluding hydrogens is 151 g/mol. The zero-order chi connectivity index (χ0) is 6.95. The lowest BCUT2D eigenvalue weighted by molar-refractivity contribution is 0.659. The van der Waals surface area contributed by atoms with Crippen molar-refractivity contribution in [2.75, 3.05) is 6.16 Å². The standard InChI is InChI=1S/C7H16ClP/c1-2-3-4-5-6-7-9-8/h9H,2-7H2,1H3. The molecule has 0 saturated heterocycles. The highest BCUT2D eigenvalue weighted by atomic mass is 35.7. The van der Waals surface area contributed by atoms with E-state index in [0.717, 1.165) is 0 Å². The van der Waals surface area contributed by atoms with Crippen LogP contribution < -0.4 is 0 Å². The summed E-state index contributed by atoms with van der Waals surface area (Å²) in [7, 11) is 0.642. The van der Waals surface area contributed by atoms with Crippen LogP contribution in [0.15, 0.2) is 0 Å². The lowest BCUT2D eigenvalue weighted by Gasteiger charge is -1.95. The highest BCUT2D eigenvalue weighted by molar-refractivity contribution is 7.68. The quantitative estimate of drug-likeness (QED) is 0.416. The Morgan fingerprint density at radius 3 is 2.33 bits per heavy atom. The topological polar surface area (TPSA) is 0 Å². The highest BCUT2D eigenvalue weighted by Crippen LogP contribution is 2.18. The fraction of sp³-hybridized carbons (Fsp3) is 1.00. The zero-order valence-electron chi connectivity index (χ0n) is 6.12. The summed E-state index contributed by atoms with van der Waals surface area (Å²) < 4.78 is 0. The maximum atomic E-state index is 5.54. The first-order valence-electron chi connectivity index (χ1n) is 3.75.